The predicted octanol–water partition coefficient (Wildman–Crippen LogP) is 9.87. The molecule has 0 radical (unpaired) electrons. The molecule has 10 aromatic rings. The van der Waals surface area contributed by atoms with Gasteiger partial charge in [0.25, 0.3) is 0 Å². The smallest absolute Gasteiger partial charge is 0.741 e. The number of hydrogen-bond acceptors (Lipinski definition) is 8. The molecule has 15 heteroatoms. The van der Waals surface area contributed by atoms with Crippen molar-refractivity contribution in [2.24, 2.45) is 0 Å². The van der Waals surface area contributed by atoms with Gasteiger partial charge >= 0.3 is 22.6 Å². The third-order valence-corrected chi connectivity index (χ3v) is 17.8. The van der Waals surface area contributed by atoms with Crippen molar-refractivity contribution in [2.45, 2.75) is 24.8 Å². The number of nitrogens with zero attached hydrogens (tertiary/aromatic N) is 4. The number of pyridine rings is 2. The third-order valence-electron chi connectivity index (χ3n) is 11.7. The summed E-state index contributed by atoms with van der Waals surface area (Å²) in [6.07, 6.45) is 6.96. The van der Waals surface area contributed by atoms with E-state index < -0.39 is 31.5 Å². The average Bonchev–Trinajstić information content (AvgIpc) is 3.36. The first-order valence-corrected chi connectivity index (χ1v) is 25.9. The third kappa shape index (κ3) is 10.0. The molecule has 0 N–H and O–H groups in total. The summed E-state index contributed by atoms with van der Waals surface area (Å²) in [6.45, 7) is 4.71. The van der Waals surface area contributed by atoms with Crippen LogP contribution in [0.5, 0.6) is 11.5 Å². The quantitative estimate of drug-likeness (QED) is 0.0532. The normalized spacial score (nSPS) is 12.7. The number of para-hydroxylation sites is 2. The van der Waals surface area contributed by atoms with Gasteiger partial charge in [-0.15, -0.1) is 0 Å². The molecule has 3 aromatic heterocycles. The van der Waals surface area contributed by atoms with Crippen LogP contribution in [-0.4, -0.2) is 38.4 Å². The first-order valence-electron chi connectivity index (χ1n) is 21.5. The van der Waals surface area contributed by atoms with E-state index in [4.69, 9.17) is 17.7 Å². The zero-order chi connectivity index (χ0) is 47.5. The van der Waals surface area contributed by atoms with E-state index in [1.807, 2.05) is 24.3 Å². The Hall–Kier alpha value is -6.42. The van der Waals surface area contributed by atoms with E-state index in [1.165, 1.54) is 43.0 Å². The fourth-order valence-corrected chi connectivity index (χ4v) is 14.0. The first-order chi connectivity index (χ1) is 32.8. The fourth-order valence-electron chi connectivity index (χ4n) is 8.60. The molecule has 1 aliphatic rings. The SMILES string of the molecule is CC1(C)c2cccc([PH+](c3ccccc3)c3ccccc3)c2Oc2c([PH+](c3ccccc3)c3ccccc3)cccc21.O=S(=O)([O-])C(F)(F)F.[Cu+].c1cnc2c(c1)c1nccnc1c1cccnc12. The number of aromatic nitrogens is 4. The molecule has 7 aromatic carbocycles. The van der Waals surface area contributed by atoms with Crippen LogP contribution in [0.4, 0.5) is 13.2 Å². The van der Waals surface area contributed by atoms with Crippen molar-refractivity contribution in [3.63, 3.8) is 0 Å². The van der Waals surface area contributed by atoms with Gasteiger partial charge in [-0.1, -0.05) is 111 Å². The number of benzene rings is 7. The second-order valence-corrected chi connectivity index (χ2v) is 22.5. The van der Waals surface area contributed by atoms with Gasteiger partial charge in [-0.25, -0.2) is 8.42 Å². The number of fused-ring (bicyclic) bond motifs is 8. The number of ether oxygens (including phenoxy) is 1. The zero-order valence-electron chi connectivity index (χ0n) is 36.9. The summed E-state index contributed by atoms with van der Waals surface area (Å²) < 4.78 is 66.2. The standard InChI is InChI=1S/C39H32OP2.C14H8N4.CHF3O3S.Cu/c1-39(2)33-25-15-27-35(41(29-17-7-3-8-18-29)30-19-9-4-10-20-30)37(33)40-38-34(39)26-16-28-36(38)42(31-21-11-5-12-22-31)32-23-13-6-14-24-32;1-3-9-11(15-5-1)12-10(4-2-6-16-12)14-13(9)17-7-8-18-14;2-1(3,4)8(5,6)7;/h3-28H,1-2H3;1-8H;(H,5,6,7);/q;;;+1/p+1. The average molecular weight is 1030 g/mol. The number of rotatable bonds is 6. The molecule has 0 saturated carbocycles. The summed E-state index contributed by atoms with van der Waals surface area (Å²) in [4.78, 5) is 17.7. The molecule has 0 atom stereocenters. The van der Waals surface area contributed by atoms with Gasteiger partial charge in [0.15, 0.2) is 21.6 Å². The van der Waals surface area contributed by atoms with Crippen LogP contribution in [0.2, 0.25) is 0 Å². The summed E-state index contributed by atoms with van der Waals surface area (Å²) in [7, 11) is -8.73. The maximum atomic E-state index is 10.7. The first kappa shape index (κ1) is 49.0. The van der Waals surface area contributed by atoms with Crippen LogP contribution < -0.4 is 36.6 Å². The Labute approximate surface area is 410 Å². The summed E-state index contributed by atoms with van der Waals surface area (Å²) in [6, 6.07) is 65.3. The van der Waals surface area contributed by atoms with E-state index in [2.05, 4.69) is 192 Å². The topological polar surface area (TPSA) is 118 Å². The van der Waals surface area contributed by atoms with E-state index in [0.29, 0.717) is 0 Å². The Morgan fingerprint density at radius 1 is 0.464 bits per heavy atom. The summed E-state index contributed by atoms with van der Waals surface area (Å²) >= 11 is 0. The van der Waals surface area contributed by atoms with Gasteiger partial charge < -0.3 is 9.29 Å². The van der Waals surface area contributed by atoms with Crippen LogP contribution in [0.3, 0.4) is 0 Å². The zero-order valence-corrected chi connectivity index (χ0v) is 40.7. The minimum Gasteiger partial charge on any atom is -0.741 e. The molecule has 69 heavy (non-hydrogen) atoms. The van der Waals surface area contributed by atoms with Crippen LogP contribution in [0.1, 0.15) is 25.0 Å². The van der Waals surface area contributed by atoms with Gasteiger partial charge in [-0.05, 0) is 84.9 Å². The van der Waals surface area contributed by atoms with Crippen LogP contribution in [0, 0.1) is 0 Å². The van der Waals surface area contributed by atoms with E-state index in [9.17, 15) is 13.2 Å². The van der Waals surface area contributed by atoms with Gasteiger partial charge in [-0.3, -0.25) is 19.9 Å². The predicted molar refractivity (Wildman–Crippen MR) is 271 cm³/mol. The summed E-state index contributed by atoms with van der Waals surface area (Å²) in [5, 5.41) is 10.0. The second kappa shape index (κ2) is 20.7. The molecule has 1 aliphatic heterocycles. The Morgan fingerprint density at radius 3 is 1.07 bits per heavy atom. The molecular formula is C54H42CuF3N4O4P2S+2. The van der Waals surface area contributed by atoms with E-state index in [1.54, 1.807) is 24.8 Å². The van der Waals surface area contributed by atoms with Crippen molar-refractivity contribution in [3.05, 3.63) is 218 Å². The molecule has 11 rings (SSSR count). The van der Waals surface area contributed by atoms with Crippen LogP contribution in [0.25, 0.3) is 32.8 Å². The largest absolute Gasteiger partial charge is 1.00 e. The van der Waals surface area contributed by atoms with Crippen molar-refractivity contribution < 1.29 is 47.9 Å². The van der Waals surface area contributed by atoms with Gasteiger partial charge in [0.05, 0.1) is 22.1 Å². The maximum Gasteiger partial charge on any atom is 1.00 e. The van der Waals surface area contributed by atoms with Gasteiger partial charge in [-0.2, -0.15) is 13.2 Å². The molecule has 0 fully saturated rings. The van der Waals surface area contributed by atoms with Crippen LogP contribution >= 0.6 is 15.8 Å². The van der Waals surface area contributed by atoms with Crippen molar-refractivity contribution in [3.8, 4) is 11.5 Å². The molecule has 8 nitrogen and oxygen atoms in total. The maximum absolute atomic E-state index is 10.7. The number of hydrogen-bond donors (Lipinski definition) is 0. The monoisotopic (exact) mass is 1020 g/mol. The molecule has 0 saturated heterocycles. The Balaban J connectivity index is 0.000000195. The molecule has 0 unspecified atom stereocenters. The van der Waals surface area contributed by atoms with E-state index in [-0.39, 0.29) is 22.5 Å². The number of halogens is 3. The molecule has 348 valence electrons. The number of alkyl halides is 3. The molecule has 0 spiro atoms. The Morgan fingerprint density at radius 2 is 0.768 bits per heavy atom. The molecular weight excluding hydrogens is 983 g/mol. The van der Waals surface area contributed by atoms with Gasteiger partial charge in [0, 0.05) is 52.1 Å². The molecule has 0 amide bonds. The Bertz CT molecular complexity index is 3080. The molecule has 4 heterocycles. The molecule has 0 bridgehead atoms. The second-order valence-electron chi connectivity index (χ2n) is 16.3. The molecule has 0 aliphatic carbocycles. The van der Waals surface area contributed by atoms with Crippen LogP contribution in [0.15, 0.2) is 207 Å². The summed E-state index contributed by atoms with van der Waals surface area (Å²) in [5.74, 6) is 2.07. The van der Waals surface area contributed by atoms with Crippen molar-refractivity contribution in [2.75, 3.05) is 0 Å². The minimum atomic E-state index is -6.09. The van der Waals surface area contributed by atoms with Crippen molar-refractivity contribution in [1.29, 1.82) is 0 Å². The van der Waals surface area contributed by atoms with E-state index >= 15 is 0 Å². The minimum absolute atomic E-state index is 0. The van der Waals surface area contributed by atoms with Crippen molar-refractivity contribution in [1.82, 2.24) is 19.9 Å². The van der Waals surface area contributed by atoms with Gasteiger partial charge in [0.1, 0.15) is 47.7 Å². The Kier molecular flexibility index (Phi) is 14.7. The fraction of sp³-hybridized carbons (Fsp3) is 0.0741. The summed E-state index contributed by atoms with van der Waals surface area (Å²) in [5.41, 5.74) is 0.159. The van der Waals surface area contributed by atoms with Gasteiger partial charge in [0.2, 0.25) is 0 Å². The van der Waals surface area contributed by atoms with E-state index in [0.717, 1.165) is 44.3 Å². The van der Waals surface area contributed by atoms with Crippen LogP contribution in [-0.2, 0) is 32.6 Å². The van der Waals surface area contributed by atoms with Crippen molar-refractivity contribution >= 4 is 90.6 Å².